The van der Waals surface area contributed by atoms with Gasteiger partial charge in [-0.1, -0.05) is 23.8 Å². The Bertz CT molecular complexity index is 549. The Labute approximate surface area is 114 Å². The van der Waals surface area contributed by atoms with Crippen LogP contribution in [0.2, 0.25) is 0 Å². The van der Waals surface area contributed by atoms with Crippen molar-refractivity contribution in [3.63, 3.8) is 0 Å². The van der Waals surface area contributed by atoms with Gasteiger partial charge in [-0.2, -0.15) is 0 Å². The van der Waals surface area contributed by atoms with Crippen molar-refractivity contribution in [1.29, 1.82) is 0 Å². The number of nitrogens with zero attached hydrogens (tertiary/aromatic N) is 3. The van der Waals surface area contributed by atoms with Crippen LogP contribution >= 0.6 is 0 Å². The number of aryl methyl sites for hydroxylation is 2. The van der Waals surface area contributed by atoms with E-state index in [1.54, 1.807) is 0 Å². The van der Waals surface area contributed by atoms with Gasteiger partial charge in [0.2, 0.25) is 0 Å². The van der Waals surface area contributed by atoms with E-state index in [0.717, 1.165) is 23.6 Å². The molecule has 2 N–H and O–H groups in total. The molecule has 4 heteroatoms. The first-order chi connectivity index (χ1) is 9.11. The average molecular weight is 256 g/mol. The minimum Gasteiger partial charge on any atom is -0.357 e. The highest BCUT2D eigenvalue weighted by atomic mass is 15.2. The van der Waals surface area contributed by atoms with E-state index < -0.39 is 0 Å². The third-order valence-electron chi connectivity index (χ3n) is 3.16. The summed E-state index contributed by atoms with van der Waals surface area (Å²) in [6.45, 7) is 5.57. The molecule has 0 atom stereocenters. The van der Waals surface area contributed by atoms with Gasteiger partial charge in [-0.15, -0.1) is 10.2 Å². The fourth-order valence-corrected chi connectivity index (χ4v) is 2.08. The Morgan fingerprint density at radius 3 is 2.47 bits per heavy atom. The van der Waals surface area contributed by atoms with Gasteiger partial charge in [0.15, 0.2) is 5.82 Å². The first-order valence-electron chi connectivity index (χ1n) is 6.44. The number of hydrogen-bond acceptors (Lipinski definition) is 4. The number of rotatable bonds is 4. The summed E-state index contributed by atoms with van der Waals surface area (Å²) in [6.07, 6.45) is 0. The largest absolute Gasteiger partial charge is 0.357 e. The van der Waals surface area contributed by atoms with Crippen LogP contribution in [-0.4, -0.2) is 30.3 Å². The summed E-state index contributed by atoms with van der Waals surface area (Å²) in [5, 5.41) is 8.57. The molecule has 0 unspecified atom stereocenters. The number of anilines is 1. The monoisotopic (exact) mass is 256 g/mol. The summed E-state index contributed by atoms with van der Waals surface area (Å²) in [5.74, 6) is 0.846. The Morgan fingerprint density at radius 2 is 1.89 bits per heavy atom. The van der Waals surface area contributed by atoms with Crippen LogP contribution in [0, 0.1) is 13.8 Å². The zero-order chi connectivity index (χ0) is 13.8. The third-order valence-corrected chi connectivity index (χ3v) is 3.16. The van der Waals surface area contributed by atoms with E-state index in [1.165, 1.54) is 11.1 Å². The number of aromatic nitrogens is 2. The van der Waals surface area contributed by atoms with Crippen molar-refractivity contribution in [1.82, 2.24) is 10.2 Å². The number of hydrogen-bond donors (Lipinski definition) is 1. The number of likely N-dealkylation sites (N-methyl/N-ethyl adjacent to an activating group) is 1. The zero-order valence-corrected chi connectivity index (χ0v) is 11.7. The van der Waals surface area contributed by atoms with Gasteiger partial charge >= 0.3 is 0 Å². The first kappa shape index (κ1) is 13.5. The van der Waals surface area contributed by atoms with Crippen molar-refractivity contribution in [3.8, 4) is 11.3 Å². The van der Waals surface area contributed by atoms with Gasteiger partial charge in [-0.25, -0.2) is 0 Å². The molecule has 1 aromatic heterocycles. The molecule has 0 fully saturated rings. The molecule has 0 spiro atoms. The Balaban J connectivity index is 2.27. The van der Waals surface area contributed by atoms with Gasteiger partial charge in [0.25, 0.3) is 0 Å². The highest BCUT2D eigenvalue weighted by Crippen LogP contribution is 2.22. The fraction of sp³-hybridized carbons (Fsp3) is 0.333. The molecule has 0 amide bonds. The molecule has 4 nitrogen and oxygen atoms in total. The van der Waals surface area contributed by atoms with E-state index in [9.17, 15) is 0 Å². The average Bonchev–Trinajstić information content (AvgIpc) is 2.39. The molecule has 2 aromatic rings. The lowest BCUT2D eigenvalue weighted by Gasteiger charge is -2.16. The summed E-state index contributed by atoms with van der Waals surface area (Å²) < 4.78 is 0. The third kappa shape index (κ3) is 3.09. The molecule has 0 aliphatic rings. The second kappa shape index (κ2) is 5.80. The van der Waals surface area contributed by atoms with Crippen LogP contribution < -0.4 is 10.6 Å². The van der Waals surface area contributed by atoms with Gasteiger partial charge < -0.3 is 10.6 Å². The van der Waals surface area contributed by atoms with E-state index in [4.69, 9.17) is 5.73 Å². The fourth-order valence-electron chi connectivity index (χ4n) is 2.08. The minimum absolute atomic E-state index is 0.608. The summed E-state index contributed by atoms with van der Waals surface area (Å²) in [5.41, 5.74) is 10.0. The summed E-state index contributed by atoms with van der Waals surface area (Å²) in [4.78, 5) is 2.00. The predicted octanol–water partition coefficient (Wildman–Crippen LogP) is 2.16. The molecule has 0 aliphatic heterocycles. The van der Waals surface area contributed by atoms with Crippen molar-refractivity contribution in [3.05, 3.63) is 41.5 Å². The van der Waals surface area contributed by atoms with Crippen LogP contribution in [0.25, 0.3) is 11.3 Å². The normalized spacial score (nSPS) is 10.5. The van der Waals surface area contributed by atoms with Crippen molar-refractivity contribution < 1.29 is 0 Å². The molecule has 100 valence electrons. The molecule has 0 saturated heterocycles. The lowest BCUT2D eigenvalue weighted by atomic mass is 10.0. The minimum atomic E-state index is 0.608. The molecule has 19 heavy (non-hydrogen) atoms. The van der Waals surface area contributed by atoms with Crippen molar-refractivity contribution in [2.75, 3.05) is 25.0 Å². The summed E-state index contributed by atoms with van der Waals surface area (Å²) in [7, 11) is 1.97. The quantitative estimate of drug-likeness (QED) is 0.910. The smallest absolute Gasteiger partial charge is 0.151 e. The van der Waals surface area contributed by atoms with Crippen LogP contribution in [0.3, 0.4) is 0 Å². The van der Waals surface area contributed by atoms with E-state index in [0.29, 0.717) is 6.54 Å². The maximum absolute atomic E-state index is 5.53. The first-order valence-corrected chi connectivity index (χ1v) is 6.44. The molecule has 1 heterocycles. The Kier molecular flexibility index (Phi) is 4.12. The number of nitrogens with two attached hydrogens (primary N) is 1. The van der Waals surface area contributed by atoms with Gasteiger partial charge in [-0.05, 0) is 31.5 Å². The SMILES string of the molecule is Cc1ccc(-c2ccc(N(C)CCN)nn2)c(C)c1. The van der Waals surface area contributed by atoms with Crippen LogP contribution in [0.15, 0.2) is 30.3 Å². The van der Waals surface area contributed by atoms with Gasteiger partial charge in [0.05, 0.1) is 5.69 Å². The predicted molar refractivity (Wildman–Crippen MR) is 79.3 cm³/mol. The van der Waals surface area contributed by atoms with E-state index in [1.807, 2.05) is 24.1 Å². The van der Waals surface area contributed by atoms with Crippen molar-refractivity contribution in [2.24, 2.45) is 5.73 Å². The molecular formula is C15H20N4. The standard InChI is InChI=1S/C15H20N4/c1-11-4-5-13(12(2)10-11)14-6-7-15(18-17-14)19(3)9-8-16/h4-7,10H,8-9,16H2,1-3H3. The molecule has 0 radical (unpaired) electrons. The molecule has 0 saturated carbocycles. The highest BCUT2D eigenvalue weighted by molar-refractivity contribution is 5.64. The topological polar surface area (TPSA) is 55.0 Å². The maximum Gasteiger partial charge on any atom is 0.151 e. The summed E-state index contributed by atoms with van der Waals surface area (Å²) in [6, 6.07) is 10.3. The lowest BCUT2D eigenvalue weighted by Crippen LogP contribution is -2.25. The molecule has 2 rings (SSSR count). The second-order valence-electron chi connectivity index (χ2n) is 4.81. The van der Waals surface area contributed by atoms with E-state index >= 15 is 0 Å². The summed E-state index contributed by atoms with van der Waals surface area (Å²) >= 11 is 0. The molecule has 1 aromatic carbocycles. The maximum atomic E-state index is 5.53. The van der Waals surface area contributed by atoms with Crippen LogP contribution in [0.4, 0.5) is 5.82 Å². The number of benzene rings is 1. The second-order valence-corrected chi connectivity index (χ2v) is 4.81. The van der Waals surface area contributed by atoms with Crippen molar-refractivity contribution >= 4 is 5.82 Å². The molecule has 0 bridgehead atoms. The lowest BCUT2D eigenvalue weighted by molar-refractivity contribution is 0.848. The van der Waals surface area contributed by atoms with E-state index in [-0.39, 0.29) is 0 Å². The van der Waals surface area contributed by atoms with Crippen LogP contribution in [0.1, 0.15) is 11.1 Å². The van der Waals surface area contributed by atoms with Gasteiger partial charge in [0, 0.05) is 25.7 Å². The van der Waals surface area contributed by atoms with Crippen molar-refractivity contribution in [2.45, 2.75) is 13.8 Å². The Morgan fingerprint density at radius 1 is 1.11 bits per heavy atom. The van der Waals surface area contributed by atoms with Crippen LogP contribution in [-0.2, 0) is 0 Å². The van der Waals surface area contributed by atoms with Gasteiger partial charge in [-0.3, -0.25) is 0 Å². The van der Waals surface area contributed by atoms with E-state index in [2.05, 4.69) is 42.2 Å². The molecular weight excluding hydrogens is 236 g/mol. The van der Waals surface area contributed by atoms with Gasteiger partial charge in [0.1, 0.15) is 0 Å². The Hall–Kier alpha value is -1.94. The zero-order valence-electron chi connectivity index (χ0n) is 11.7. The molecule has 0 aliphatic carbocycles. The highest BCUT2D eigenvalue weighted by Gasteiger charge is 2.06. The van der Waals surface area contributed by atoms with Crippen LogP contribution in [0.5, 0.6) is 0 Å².